The maximum atomic E-state index is 11.9. The first kappa shape index (κ1) is 14.1. The van der Waals surface area contributed by atoms with E-state index in [0.717, 1.165) is 22.6 Å². The minimum Gasteiger partial charge on any atom is -0.470 e. The van der Waals surface area contributed by atoms with Gasteiger partial charge in [0, 0.05) is 18.2 Å². The summed E-state index contributed by atoms with van der Waals surface area (Å²) in [6, 6.07) is 8.21. The maximum Gasteiger partial charge on any atom is 1.00 e. The molecule has 1 atom stereocenters. The van der Waals surface area contributed by atoms with Crippen LogP contribution in [0.1, 0.15) is 5.01 Å². The number of carbonyl (C=O) groups excluding carboxylic acids is 1. The van der Waals surface area contributed by atoms with Gasteiger partial charge in [0.1, 0.15) is 5.01 Å². The van der Waals surface area contributed by atoms with Crippen molar-refractivity contribution < 1.29 is 34.4 Å². The molecule has 2 amide bonds. The molecule has 0 radical (unpaired) electrons. The van der Waals surface area contributed by atoms with Crippen LogP contribution in [-0.4, -0.2) is 39.9 Å². The molecule has 4 nitrogen and oxygen atoms in total. The molecule has 2 bridgehead atoms. The topological polar surface area (TPSA) is 36.4 Å². The van der Waals surface area contributed by atoms with Crippen LogP contribution >= 0.6 is 11.3 Å². The molecule has 20 heavy (non-hydrogen) atoms. The number of carbonyl (C=O) groups is 1. The van der Waals surface area contributed by atoms with Crippen LogP contribution in [0.15, 0.2) is 30.3 Å². The molecule has 0 N–H and O–H groups in total. The summed E-state index contributed by atoms with van der Waals surface area (Å²) in [7, 11) is 3.81. The number of hydrogen-bond donors (Lipinski definition) is 0. The first-order chi connectivity index (χ1) is 9.22. The molecule has 2 aliphatic heterocycles. The van der Waals surface area contributed by atoms with Gasteiger partial charge in [-0.2, -0.15) is 0 Å². The van der Waals surface area contributed by atoms with Crippen LogP contribution in [0.2, 0.25) is 0 Å². The maximum absolute atomic E-state index is 11.9. The molecule has 6 heteroatoms. The number of thiazole rings is 1. The fraction of sp³-hybridized carbons (Fsp3) is 0.214. The summed E-state index contributed by atoms with van der Waals surface area (Å²) in [5.41, 5.74) is 2.16. The Balaban J connectivity index is 0.00000121. The molecule has 96 valence electrons. The van der Waals surface area contributed by atoms with E-state index in [9.17, 15) is 4.79 Å². The van der Waals surface area contributed by atoms with Gasteiger partial charge < -0.3 is 9.80 Å². The summed E-state index contributed by atoms with van der Waals surface area (Å²) in [6.07, 6.45) is 2.13. The van der Waals surface area contributed by atoms with E-state index in [0.29, 0.717) is 6.54 Å². The fourth-order valence-corrected chi connectivity index (χ4v) is 3.62. The van der Waals surface area contributed by atoms with Gasteiger partial charge in [-0.05, 0) is 12.1 Å². The Morgan fingerprint density at radius 2 is 2.15 bits per heavy atom. The Morgan fingerprint density at radius 3 is 2.90 bits per heavy atom. The van der Waals surface area contributed by atoms with E-state index in [4.69, 9.17) is 0 Å². The molecule has 1 fully saturated rings. The molecule has 4 rings (SSSR count). The summed E-state index contributed by atoms with van der Waals surface area (Å²) >= 11 is 1.68. The van der Waals surface area contributed by atoms with Crippen molar-refractivity contribution in [2.24, 2.45) is 0 Å². The first-order valence-electron chi connectivity index (χ1n) is 6.17. The normalized spacial score (nSPS) is 21.1. The number of aromatic nitrogens is 1. The Bertz CT molecular complexity index is 678. The van der Waals surface area contributed by atoms with Crippen LogP contribution in [0.3, 0.4) is 0 Å². The van der Waals surface area contributed by atoms with Crippen LogP contribution in [0, 0.1) is 7.05 Å². The predicted octanol–water partition coefficient (Wildman–Crippen LogP) is -0.405. The second-order valence-corrected chi connectivity index (χ2v) is 5.91. The third kappa shape index (κ3) is 2.09. The van der Waals surface area contributed by atoms with Gasteiger partial charge in [0.25, 0.3) is 6.03 Å². The third-order valence-corrected chi connectivity index (χ3v) is 4.76. The van der Waals surface area contributed by atoms with Crippen molar-refractivity contribution in [3.63, 3.8) is 0 Å². The van der Waals surface area contributed by atoms with E-state index in [-0.39, 0.29) is 41.6 Å². The van der Waals surface area contributed by atoms with Crippen molar-refractivity contribution >= 4 is 33.2 Å². The Kier molecular flexibility index (Phi) is 3.62. The Hall–Kier alpha value is -0.880. The molecule has 3 heterocycles. The number of benzene rings is 1. The molecule has 2 aromatic rings. The Labute approximate surface area is 143 Å². The van der Waals surface area contributed by atoms with Crippen molar-refractivity contribution in [3.8, 4) is 0 Å². The molecular weight excluding hydrogens is 281 g/mol. The summed E-state index contributed by atoms with van der Waals surface area (Å²) < 4.78 is 1.18. The predicted molar refractivity (Wildman–Crippen MR) is 75.6 cm³/mol. The number of rotatable bonds is 1. The second kappa shape index (κ2) is 5.15. The number of fused-ring (bicyclic) bond motifs is 3. The van der Waals surface area contributed by atoms with Gasteiger partial charge in [-0.1, -0.05) is 18.2 Å². The van der Waals surface area contributed by atoms with Gasteiger partial charge >= 0.3 is 29.6 Å². The molecule has 2 aliphatic rings. The zero-order chi connectivity index (χ0) is 13.0. The minimum atomic E-state index is 0. The first-order valence-corrected chi connectivity index (χ1v) is 6.99. The molecule has 1 aromatic heterocycles. The van der Waals surface area contributed by atoms with Crippen molar-refractivity contribution in [1.29, 1.82) is 0 Å². The van der Waals surface area contributed by atoms with E-state index in [1.807, 2.05) is 23.1 Å². The third-order valence-electron chi connectivity index (χ3n) is 3.65. The van der Waals surface area contributed by atoms with E-state index >= 15 is 0 Å². The largest absolute Gasteiger partial charge is 1.00 e. The number of para-hydroxylation sites is 1. The summed E-state index contributed by atoms with van der Waals surface area (Å²) in [5.74, 6) is 0. The quantitative estimate of drug-likeness (QED) is 0.530. The molecule has 1 saturated heterocycles. The number of urea groups is 1. The summed E-state index contributed by atoms with van der Waals surface area (Å²) in [5, 5.41) is 1.01. The van der Waals surface area contributed by atoms with Crippen LogP contribution < -0.4 is 29.6 Å². The van der Waals surface area contributed by atoms with Gasteiger partial charge in [-0.15, -0.1) is 11.3 Å². The van der Waals surface area contributed by atoms with Gasteiger partial charge in [0.05, 0.1) is 16.8 Å². The molecule has 1 unspecified atom stereocenters. The van der Waals surface area contributed by atoms with Crippen LogP contribution in [0.25, 0.3) is 15.8 Å². The molecule has 1 aromatic carbocycles. The van der Waals surface area contributed by atoms with Crippen LogP contribution in [-0.2, 0) is 0 Å². The van der Waals surface area contributed by atoms with Crippen molar-refractivity contribution in [2.45, 2.75) is 6.04 Å². The average molecular weight is 293 g/mol. The fourth-order valence-electron chi connectivity index (χ4n) is 2.64. The molecule has 0 saturated carbocycles. The molecule has 0 aliphatic carbocycles. The van der Waals surface area contributed by atoms with Gasteiger partial charge in [-0.3, -0.25) is 11.8 Å². The van der Waals surface area contributed by atoms with E-state index in [1.54, 1.807) is 16.2 Å². The molecular formula is C14H12N3NaOS. The van der Waals surface area contributed by atoms with Crippen molar-refractivity contribution in [2.75, 3.05) is 13.1 Å². The summed E-state index contributed by atoms with van der Waals surface area (Å²) in [6.45, 7) is 1.39. The monoisotopic (exact) mass is 293 g/mol. The smallest absolute Gasteiger partial charge is 0.470 e. The van der Waals surface area contributed by atoms with Crippen molar-refractivity contribution in [3.05, 3.63) is 42.4 Å². The van der Waals surface area contributed by atoms with Crippen LogP contribution in [0.4, 0.5) is 4.79 Å². The van der Waals surface area contributed by atoms with E-state index < -0.39 is 0 Å². The number of nitrogens with zero attached hydrogens (tertiary/aromatic N) is 3. The van der Waals surface area contributed by atoms with E-state index in [1.165, 1.54) is 4.70 Å². The summed E-state index contributed by atoms with van der Waals surface area (Å²) in [4.78, 5) is 19.9. The number of amides is 2. The minimum absolute atomic E-state index is 0. The van der Waals surface area contributed by atoms with Gasteiger partial charge in [0.15, 0.2) is 0 Å². The Morgan fingerprint density at radius 1 is 1.35 bits per heavy atom. The average Bonchev–Trinajstić information content (AvgIpc) is 2.95. The zero-order valence-corrected chi connectivity index (χ0v) is 14.1. The second-order valence-electron chi connectivity index (χ2n) is 4.88. The number of hydrogen-bond acceptors (Lipinski definition) is 3. The van der Waals surface area contributed by atoms with Crippen LogP contribution in [0.5, 0.6) is 0 Å². The van der Waals surface area contributed by atoms with Gasteiger partial charge in [-0.25, -0.2) is 4.98 Å². The molecule has 0 spiro atoms. The zero-order valence-electron chi connectivity index (χ0n) is 11.2. The SMILES string of the molecule is [CH2-]N1C(=O)N2CC(c3nc4ccccc4s3)=CC1C2.[Na+]. The van der Waals surface area contributed by atoms with Crippen molar-refractivity contribution in [1.82, 2.24) is 14.8 Å². The standard InChI is InChI=1S/C14H12N3OS.Na/c1-16-10-6-9(7-17(8-10)14(16)18)13-15-11-4-2-3-5-12(11)19-13;/h2-6,10H,1,7-8H2;/q-1;+1. The van der Waals surface area contributed by atoms with Gasteiger partial charge in [0.2, 0.25) is 0 Å². The van der Waals surface area contributed by atoms with E-state index in [2.05, 4.69) is 24.2 Å².